The van der Waals surface area contributed by atoms with Gasteiger partial charge in [0.1, 0.15) is 11.2 Å². The highest BCUT2D eigenvalue weighted by atomic mass is 19.1. The van der Waals surface area contributed by atoms with Crippen molar-refractivity contribution in [1.29, 1.82) is 0 Å². The number of nitrogens with one attached hydrogen (secondary N) is 2. The molecular formula is C19H21FN2O2. The Morgan fingerprint density at radius 1 is 1.00 bits per heavy atom. The van der Waals surface area contributed by atoms with Crippen LogP contribution in [-0.2, 0) is 16.1 Å². The maximum Gasteiger partial charge on any atom is 0.239 e. The number of para-hydroxylation sites is 1. The van der Waals surface area contributed by atoms with Crippen LogP contribution >= 0.6 is 0 Å². The molecule has 126 valence electrons. The first-order chi connectivity index (χ1) is 11.3. The third-order valence-corrected chi connectivity index (χ3v) is 3.96. The summed E-state index contributed by atoms with van der Waals surface area (Å²) in [6, 6.07) is 13.5. The molecule has 2 N–H and O–H groups in total. The van der Waals surface area contributed by atoms with Crippen molar-refractivity contribution < 1.29 is 14.0 Å². The minimum atomic E-state index is -1.33. The Morgan fingerprint density at radius 2 is 1.62 bits per heavy atom. The smallest absolute Gasteiger partial charge is 0.239 e. The lowest BCUT2D eigenvalue weighted by atomic mass is 9.90. The second kappa shape index (κ2) is 7.25. The molecule has 0 aliphatic rings. The molecule has 2 amide bonds. The molecule has 0 unspecified atom stereocenters. The molecule has 0 aliphatic carbocycles. The Kier molecular flexibility index (Phi) is 5.34. The summed E-state index contributed by atoms with van der Waals surface area (Å²) in [5.74, 6) is -1.52. The molecule has 0 aromatic heterocycles. The van der Waals surface area contributed by atoms with E-state index in [1.54, 1.807) is 6.07 Å². The van der Waals surface area contributed by atoms with E-state index in [9.17, 15) is 14.0 Å². The first-order valence-corrected chi connectivity index (χ1v) is 7.71. The van der Waals surface area contributed by atoms with Gasteiger partial charge in [0.05, 0.1) is 5.69 Å². The summed E-state index contributed by atoms with van der Waals surface area (Å²) in [6.45, 7) is 5.31. The van der Waals surface area contributed by atoms with Gasteiger partial charge in [0.15, 0.2) is 0 Å². The topological polar surface area (TPSA) is 58.2 Å². The summed E-state index contributed by atoms with van der Waals surface area (Å²) >= 11 is 0. The van der Waals surface area contributed by atoms with E-state index in [4.69, 9.17) is 0 Å². The Balaban J connectivity index is 2.03. The van der Waals surface area contributed by atoms with Crippen molar-refractivity contribution in [3.05, 3.63) is 65.5 Å². The molecule has 5 heteroatoms. The number of benzene rings is 2. The van der Waals surface area contributed by atoms with Crippen LogP contribution in [0.2, 0.25) is 0 Å². The van der Waals surface area contributed by atoms with Crippen molar-refractivity contribution in [1.82, 2.24) is 5.32 Å². The Labute approximate surface area is 141 Å². The van der Waals surface area contributed by atoms with E-state index in [1.807, 2.05) is 31.2 Å². The average molecular weight is 328 g/mol. The first-order valence-electron chi connectivity index (χ1n) is 7.71. The maximum atomic E-state index is 13.6. The number of hydrogen-bond donors (Lipinski definition) is 2. The lowest BCUT2D eigenvalue weighted by Crippen LogP contribution is -2.45. The molecule has 24 heavy (non-hydrogen) atoms. The third kappa shape index (κ3) is 3.98. The highest BCUT2D eigenvalue weighted by Gasteiger charge is 2.36. The molecule has 0 saturated heterocycles. The Morgan fingerprint density at radius 3 is 2.29 bits per heavy atom. The Hall–Kier alpha value is -2.69. The Bertz CT molecular complexity index is 757. The lowest BCUT2D eigenvalue weighted by Gasteiger charge is -2.23. The number of amides is 2. The predicted octanol–water partition coefficient (Wildman–Crippen LogP) is 3.42. The monoisotopic (exact) mass is 328 g/mol. The van der Waals surface area contributed by atoms with Crippen LogP contribution in [0.25, 0.3) is 0 Å². The number of halogens is 1. The van der Waals surface area contributed by atoms with Gasteiger partial charge in [0.25, 0.3) is 0 Å². The van der Waals surface area contributed by atoms with Gasteiger partial charge in [-0.25, -0.2) is 4.39 Å². The van der Waals surface area contributed by atoms with Crippen LogP contribution in [-0.4, -0.2) is 11.8 Å². The summed E-state index contributed by atoms with van der Waals surface area (Å²) in [7, 11) is 0. The van der Waals surface area contributed by atoms with Gasteiger partial charge < -0.3 is 10.6 Å². The van der Waals surface area contributed by atoms with E-state index in [2.05, 4.69) is 10.6 Å². The summed E-state index contributed by atoms with van der Waals surface area (Å²) in [6.07, 6.45) is 0. The highest BCUT2D eigenvalue weighted by Crippen LogP contribution is 2.21. The number of rotatable bonds is 5. The van der Waals surface area contributed by atoms with Crippen LogP contribution in [0.5, 0.6) is 0 Å². The summed E-state index contributed by atoms with van der Waals surface area (Å²) in [4.78, 5) is 24.8. The van der Waals surface area contributed by atoms with Crippen LogP contribution < -0.4 is 10.6 Å². The number of anilines is 1. The number of carbonyl (C=O) groups excluding carboxylic acids is 2. The van der Waals surface area contributed by atoms with Crippen LogP contribution in [0.4, 0.5) is 10.1 Å². The third-order valence-electron chi connectivity index (χ3n) is 3.96. The fraction of sp³-hybridized carbons (Fsp3) is 0.263. The van der Waals surface area contributed by atoms with Gasteiger partial charge in [-0.1, -0.05) is 36.4 Å². The van der Waals surface area contributed by atoms with Crippen molar-refractivity contribution in [2.45, 2.75) is 27.3 Å². The normalized spacial score (nSPS) is 11.0. The van der Waals surface area contributed by atoms with E-state index in [1.165, 1.54) is 32.0 Å². The summed E-state index contributed by atoms with van der Waals surface area (Å²) < 4.78 is 13.6. The second-order valence-corrected chi connectivity index (χ2v) is 6.17. The quantitative estimate of drug-likeness (QED) is 0.826. The molecule has 2 rings (SSSR count). The maximum absolute atomic E-state index is 13.6. The van der Waals surface area contributed by atoms with Gasteiger partial charge in [-0.3, -0.25) is 9.59 Å². The van der Waals surface area contributed by atoms with Crippen LogP contribution in [0.15, 0.2) is 48.5 Å². The molecule has 0 heterocycles. The van der Waals surface area contributed by atoms with Gasteiger partial charge in [-0.15, -0.1) is 0 Å². The fourth-order valence-electron chi connectivity index (χ4n) is 2.15. The van der Waals surface area contributed by atoms with Crippen LogP contribution in [0.1, 0.15) is 25.0 Å². The van der Waals surface area contributed by atoms with E-state index in [0.717, 1.165) is 11.1 Å². The zero-order chi connectivity index (χ0) is 17.7. The minimum Gasteiger partial charge on any atom is -0.351 e. The molecule has 2 aromatic carbocycles. The largest absolute Gasteiger partial charge is 0.351 e. The van der Waals surface area contributed by atoms with Gasteiger partial charge in [-0.2, -0.15) is 0 Å². The van der Waals surface area contributed by atoms with E-state index in [0.29, 0.717) is 6.54 Å². The molecule has 0 aliphatic heterocycles. The van der Waals surface area contributed by atoms with Crippen molar-refractivity contribution in [3.8, 4) is 0 Å². The molecular weight excluding hydrogens is 307 g/mol. The van der Waals surface area contributed by atoms with Crippen molar-refractivity contribution >= 4 is 17.5 Å². The van der Waals surface area contributed by atoms with Gasteiger partial charge in [0.2, 0.25) is 11.8 Å². The standard InChI is InChI=1S/C19H21FN2O2/c1-13-8-4-5-9-14(13)12-21-17(23)19(2,3)18(24)22-16-11-7-6-10-15(16)20/h4-11H,12H2,1-3H3,(H,21,23)(H,22,24). The first kappa shape index (κ1) is 17.7. The molecule has 4 nitrogen and oxygen atoms in total. The lowest BCUT2D eigenvalue weighted by molar-refractivity contribution is -0.138. The average Bonchev–Trinajstić information content (AvgIpc) is 2.55. The van der Waals surface area contributed by atoms with Crippen molar-refractivity contribution in [2.75, 3.05) is 5.32 Å². The minimum absolute atomic E-state index is 0.0577. The van der Waals surface area contributed by atoms with E-state index in [-0.39, 0.29) is 5.69 Å². The van der Waals surface area contributed by atoms with Gasteiger partial charge in [0, 0.05) is 6.54 Å². The SMILES string of the molecule is Cc1ccccc1CNC(=O)C(C)(C)C(=O)Nc1ccccc1F. The number of aryl methyl sites for hydroxylation is 1. The zero-order valence-electron chi connectivity index (χ0n) is 14.0. The molecule has 0 fully saturated rings. The van der Waals surface area contributed by atoms with Crippen molar-refractivity contribution in [2.24, 2.45) is 5.41 Å². The highest BCUT2D eigenvalue weighted by molar-refractivity contribution is 6.09. The van der Waals surface area contributed by atoms with Gasteiger partial charge in [-0.05, 0) is 44.0 Å². The number of carbonyl (C=O) groups is 2. The van der Waals surface area contributed by atoms with Crippen molar-refractivity contribution in [3.63, 3.8) is 0 Å². The fourth-order valence-corrected chi connectivity index (χ4v) is 2.15. The summed E-state index contributed by atoms with van der Waals surface area (Å²) in [5.41, 5.74) is 0.773. The molecule has 2 aromatic rings. The molecule has 0 saturated carbocycles. The molecule has 0 atom stereocenters. The predicted molar refractivity (Wildman–Crippen MR) is 91.8 cm³/mol. The molecule has 0 radical (unpaired) electrons. The molecule has 0 bridgehead atoms. The second-order valence-electron chi connectivity index (χ2n) is 6.17. The van der Waals surface area contributed by atoms with Gasteiger partial charge >= 0.3 is 0 Å². The van der Waals surface area contributed by atoms with Crippen LogP contribution in [0, 0.1) is 18.2 Å². The van der Waals surface area contributed by atoms with E-state index < -0.39 is 23.0 Å². The van der Waals surface area contributed by atoms with Crippen LogP contribution in [0.3, 0.4) is 0 Å². The zero-order valence-corrected chi connectivity index (χ0v) is 14.0. The molecule has 0 spiro atoms. The van der Waals surface area contributed by atoms with E-state index >= 15 is 0 Å². The number of hydrogen-bond acceptors (Lipinski definition) is 2. The summed E-state index contributed by atoms with van der Waals surface area (Å²) in [5, 5.41) is 5.23.